The molecule has 2 heterocycles. The molecular weight excluding hydrogens is 350 g/mol. The second-order valence-electron chi connectivity index (χ2n) is 6.61. The zero-order valence-corrected chi connectivity index (χ0v) is 16.4. The van der Waals surface area contributed by atoms with Crippen molar-refractivity contribution >= 4 is 17.7 Å². The molecule has 1 aromatic heterocycles. The van der Waals surface area contributed by atoms with Crippen molar-refractivity contribution < 1.29 is 19.4 Å². The van der Waals surface area contributed by atoms with Gasteiger partial charge in [-0.3, -0.25) is 4.79 Å². The Morgan fingerprint density at radius 3 is 2.88 bits per heavy atom. The number of thioether (sulfide) groups is 1. The quantitative estimate of drug-likeness (QED) is 0.430. The smallest absolute Gasteiger partial charge is 0.223 e. The summed E-state index contributed by atoms with van der Waals surface area (Å²) in [6.45, 7) is 3.03. The highest BCUT2D eigenvalue weighted by molar-refractivity contribution is 7.99. The number of hydrogen-bond acceptors (Lipinski definition) is 5. The number of rotatable bonds is 12. The van der Waals surface area contributed by atoms with E-state index >= 15 is 0 Å². The first-order chi connectivity index (χ1) is 12.6. The number of aliphatic hydroxyl groups is 2. The van der Waals surface area contributed by atoms with Crippen LogP contribution in [-0.4, -0.2) is 57.8 Å². The van der Waals surface area contributed by atoms with Crippen LogP contribution in [0.1, 0.15) is 44.1 Å². The predicted octanol–water partition coefficient (Wildman–Crippen LogP) is 2.80. The number of unbranched alkanes of at least 4 members (excludes halogenated alkanes) is 1. The van der Waals surface area contributed by atoms with Crippen molar-refractivity contribution in [3.05, 3.63) is 35.8 Å². The third-order valence-corrected chi connectivity index (χ3v) is 5.63. The normalized spacial score (nSPS) is 19.0. The Kier molecular flexibility index (Phi) is 9.29. The molecule has 2 rings (SSSR count). The lowest BCUT2D eigenvalue weighted by atomic mass is 10.1. The van der Waals surface area contributed by atoms with E-state index in [2.05, 4.69) is 0 Å². The first-order valence-corrected chi connectivity index (χ1v) is 10.7. The highest BCUT2D eigenvalue weighted by atomic mass is 32.2. The Labute approximate surface area is 160 Å². The fourth-order valence-corrected chi connectivity index (χ4v) is 4.02. The zero-order valence-electron chi connectivity index (χ0n) is 15.6. The van der Waals surface area contributed by atoms with Crippen molar-refractivity contribution in [1.29, 1.82) is 0 Å². The Bertz CT molecular complexity index is 572. The van der Waals surface area contributed by atoms with Crippen LogP contribution in [0.25, 0.3) is 0 Å². The largest absolute Gasteiger partial charge is 0.466 e. The number of likely N-dealkylation sites (tertiary alicyclic amines) is 1. The Morgan fingerprint density at radius 2 is 2.15 bits per heavy atom. The third-order valence-electron chi connectivity index (χ3n) is 4.58. The van der Waals surface area contributed by atoms with Gasteiger partial charge in [-0.05, 0) is 37.1 Å². The van der Waals surface area contributed by atoms with Crippen molar-refractivity contribution in [1.82, 2.24) is 4.90 Å². The molecule has 0 bridgehead atoms. The molecule has 2 atom stereocenters. The van der Waals surface area contributed by atoms with Gasteiger partial charge in [0.1, 0.15) is 11.5 Å². The van der Waals surface area contributed by atoms with Crippen molar-refractivity contribution in [3.8, 4) is 0 Å². The first kappa shape index (κ1) is 21.1. The summed E-state index contributed by atoms with van der Waals surface area (Å²) in [5.41, 5.74) is 0. The van der Waals surface area contributed by atoms with Crippen LogP contribution in [0.2, 0.25) is 0 Å². The maximum atomic E-state index is 12.1. The van der Waals surface area contributed by atoms with E-state index in [1.165, 1.54) is 0 Å². The van der Waals surface area contributed by atoms with Gasteiger partial charge in [-0.2, -0.15) is 11.8 Å². The predicted molar refractivity (Wildman–Crippen MR) is 105 cm³/mol. The standard InChI is InChI=1S/C20H31NO4S/c1-2-18-8-9-19(25-18)15-17(23)7-5-16-6-10-20(24)21(16)11-14-26-13-4-3-12-22/h5,7-9,16-17,22-23H,2-4,6,10-15H2,1H3/t16-,17+/m0/s1. The van der Waals surface area contributed by atoms with Crippen LogP contribution in [0, 0.1) is 0 Å². The van der Waals surface area contributed by atoms with Gasteiger partial charge >= 0.3 is 0 Å². The topological polar surface area (TPSA) is 73.9 Å². The van der Waals surface area contributed by atoms with Gasteiger partial charge in [0, 0.05) is 38.2 Å². The zero-order chi connectivity index (χ0) is 18.8. The molecule has 0 aliphatic carbocycles. The van der Waals surface area contributed by atoms with E-state index in [9.17, 15) is 9.90 Å². The number of nitrogens with zero attached hydrogens (tertiary/aromatic N) is 1. The Hall–Kier alpha value is -1.24. The Balaban J connectivity index is 1.76. The van der Waals surface area contributed by atoms with Gasteiger partial charge in [-0.15, -0.1) is 0 Å². The molecule has 1 aliphatic rings. The van der Waals surface area contributed by atoms with Crippen LogP contribution >= 0.6 is 11.8 Å². The van der Waals surface area contributed by atoms with E-state index in [4.69, 9.17) is 9.52 Å². The average Bonchev–Trinajstić information content (AvgIpc) is 3.23. The van der Waals surface area contributed by atoms with Crippen LogP contribution < -0.4 is 0 Å². The number of aliphatic hydroxyl groups excluding tert-OH is 2. The molecule has 0 saturated carbocycles. The molecule has 1 aromatic rings. The summed E-state index contributed by atoms with van der Waals surface area (Å²) in [6, 6.07) is 3.94. The molecular formula is C20H31NO4S. The summed E-state index contributed by atoms with van der Waals surface area (Å²) in [5, 5.41) is 19.0. The van der Waals surface area contributed by atoms with Gasteiger partial charge in [-0.1, -0.05) is 19.1 Å². The van der Waals surface area contributed by atoms with Gasteiger partial charge in [0.2, 0.25) is 5.91 Å². The van der Waals surface area contributed by atoms with Gasteiger partial charge in [0.15, 0.2) is 0 Å². The molecule has 1 aliphatic heterocycles. The van der Waals surface area contributed by atoms with Gasteiger partial charge in [-0.25, -0.2) is 0 Å². The highest BCUT2D eigenvalue weighted by Crippen LogP contribution is 2.21. The summed E-state index contributed by atoms with van der Waals surface area (Å²) >= 11 is 1.82. The van der Waals surface area contributed by atoms with Crippen molar-refractivity contribution in [2.75, 3.05) is 24.7 Å². The summed E-state index contributed by atoms with van der Waals surface area (Å²) in [7, 11) is 0. The molecule has 146 valence electrons. The second-order valence-corrected chi connectivity index (χ2v) is 7.84. The molecule has 0 aromatic carbocycles. The minimum absolute atomic E-state index is 0.0815. The summed E-state index contributed by atoms with van der Waals surface area (Å²) in [4.78, 5) is 14.0. The van der Waals surface area contributed by atoms with E-state index in [-0.39, 0.29) is 18.6 Å². The number of furan rings is 1. The van der Waals surface area contributed by atoms with Crippen LogP contribution in [0.4, 0.5) is 0 Å². The second kappa shape index (κ2) is 11.5. The number of carbonyl (C=O) groups is 1. The Morgan fingerprint density at radius 1 is 1.35 bits per heavy atom. The van der Waals surface area contributed by atoms with Crippen molar-refractivity contribution in [3.63, 3.8) is 0 Å². The molecule has 0 spiro atoms. The summed E-state index contributed by atoms with van der Waals surface area (Å²) < 4.78 is 5.63. The molecule has 0 unspecified atom stereocenters. The highest BCUT2D eigenvalue weighted by Gasteiger charge is 2.28. The van der Waals surface area contributed by atoms with E-state index in [1.54, 1.807) is 6.08 Å². The van der Waals surface area contributed by atoms with Crippen molar-refractivity contribution in [2.24, 2.45) is 0 Å². The molecule has 5 nitrogen and oxygen atoms in total. The maximum Gasteiger partial charge on any atom is 0.223 e. The van der Waals surface area contributed by atoms with Crippen LogP contribution in [0.15, 0.2) is 28.7 Å². The van der Waals surface area contributed by atoms with Crippen LogP contribution in [0.5, 0.6) is 0 Å². The lowest BCUT2D eigenvalue weighted by Crippen LogP contribution is -2.34. The van der Waals surface area contributed by atoms with Crippen LogP contribution in [-0.2, 0) is 17.6 Å². The summed E-state index contributed by atoms with van der Waals surface area (Å²) in [5.74, 6) is 3.85. The monoisotopic (exact) mass is 381 g/mol. The van der Waals surface area contributed by atoms with Crippen molar-refractivity contribution in [2.45, 2.75) is 57.6 Å². The number of amides is 1. The molecule has 26 heavy (non-hydrogen) atoms. The SMILES string of the molecule is CCc1ccc(C[C@H](O)C=C[C@H]2CCC(=O)N2CCSCCCCO)o1. The van der Waals surface area contributed by atoms with Gasteiger partial charge < -0.3 is 19.5 Å². The molecule has 2 N–H and O–H groups in total. The van der Waals surface area contributed by atoms with E-state index in [0.717, 1.165) is 55.3 Å². The first-order valence-electron chi connectivity index (χ1n) is 9.56. The maximum absolute atomic E-state index is 12.1. The van der Waals surface area contributed by atoms with E-state index in [1.807, 2.05) is 41.8 Å². The lowest BCUT2D eigenvalue weighted by molar-refractivity contribution is -0.128. The fourth-order valence-electron chi connectivity index (χ4n) is 3.08. The minimum atomic E-state index is -0.601. The molecule has 6 heteroatoms. The molecule has 1 saturated heterocycles. The molecule has 1 fully saturated rings. The van der Waals surface area contributed by atoms with E-state index < -0.39 is 6.10 Å². The fraction of sp³-hybridized carbons (Fsp3) is 0.650. The van der Waals surface area contributed by atoms with Gasteiger partial charge in [0.05, 0.1) is 12.1 Å². The van der Waals surface area contributed by atoms with Crippen LogP contribution in [0.3, 0.4) is 0 Å². The number of aryl methyl sites for hydroxylation is 1. The minimum Gasteiger partial charge on any atom is -0.466 e. The average molecular weight is 382 g/mol. The molecule has 0 radical (unpaired) electrons. The number of carbonyl (C=O) groups excluding carboxylic acids is 1. The van der Waals surface area contributed by atoms with E-state index in [0.29, 0.717) is 12.8 Å². The third kappa shape index (κ3) is 6.82. The molecule has 1 amide bonds. The lowest BCUT2D eigenvalue weighted by Gasteiger charge is -2.22. The van der Waals surface area contributed by atoms with Gasteiger partial charge in [0.25, 0.3) is 0 Å². The number of hydrogen-bond donors (Lipinski definition) is 2. The summed E-state index contributed by atoms with van der Waals surface area (Å²) in [6.07, 6.45) is 7.72.